The molecular formula is C27H29N2+. The molecule has 3 aromatic carbocycles. The second-order valence-electron chi connectivity index (χ2n) is 8.32. The first-order chi connectivity index (χ1) is 14.1. The Labute approximate surface area is 174 Å². The highest BCUT2D eigenvalue weighted by Gasteiger charge is 2.33. The van der Waals surface area contributed by atoms with Crippen molar-refractivity contribution in [2.45, 2.75) is 45.7 Å². The molecule has 0 bridgehead atoms. The van der Waals surface area contributed by atoms with Crippen molar-refractivity contribution in [2.75, 3.05) is 0 Å². The molecule has 146 valence electrons. The Morgan fingerprint density at radius 3 is 1.83 bits per heavy atom. The van der Waals surface area contributed by atoms with E-state index in [-0.39, 0.29) is 6.17 Å². The van der Waals surface area contributed by atoms with E-state index < -0.39 is 0 Å². The van der Waals surface area contributed by atoms with E-state index in [0.717, 1.165) is 0 Å². The number of hydrogen-bond donors (Lipinski definition) is 0. The van der Waals surface area contributed by atoms with Crippen LogP contribution in [0.2, 0.25) is 0 Å². The zero-order chi connectivity index (χ0) is 20.4. The van der Waals surface area contributed by atoms with Crippen molar-refractivity contribution in [3.63, 3.8) is 0 Å². The summed E-state index contributed by atoms with van der Waals surface area (Å²) >= 11 is 0. The largest absolute Gasteiger partial charge is 0.277 e. The molecule has 29 heavy (non-hydrogen) atoms. The third-order valence-electron chi connectivity index (χ3n) is 5.59. The Morgan fingerprint density at radius 2 is 1.28 bits per heavy atom. The minimum Gasteiger partial charge on any atom is -0.215 e. The van der Waals surface area contributed by atoms with Gasteiger partial charge in [-0.25, -0.2) is 4.99 Å². The SMILES string of the molecule is CC(C)c1cc(-c2ccccc2)cc(C(C)C)c1[N+]1=CC=NC1c1ccccc1. The van der Waals surface area contributed by atoms with E-state index in [1.165, 1.54) is 33.5 Å². The van der Waals surface area contributed by atoms with Gasteiger partial charge in [0, 0.05) is 16.7 Å². The lowest BCUT2D eigenvalue weighted by atomic mass is 9.88. The van der Waals surface area contributed by atoms with Crippen molar-refractivity contribution < 1.29 is 4.58 Å². The molecule has 2 nitrogen and oxygen atoms in total. The van der Waals surface area contributed by atoms with Gasteiger partial charge < -0.3 is 0 Å². The molecule has 0 aromatic heterocycles. The molecule has 0 spiro atoms. The lowest BCUT2D eigenvalue weighted by Crippen LogP contribution is -2.14. The predicted octanol–water partition coefficient (Wildman–Crippen LogP) is 7.10. The number of nitrogens with zero attached hydrogens (tertiary/aromatic N) is 2. The Kier molecular flexibility index (Phi) is 5.44. The van der Waals surface area contributed by atoms with Gasteiger partial charge in [0.05, 0.1) is 6.21 Å². The molecule has 1 atom stereocenters. The van der Waals surface area contributed by atoms with Crippen molar-refractivity contribution in [1.82, 2.24) is 0 Å². The molecule has 0 radical (unpaired) electrons. The van der Waals surface area contributed by atoms with Crippen molar-refractivity contribution in [1.29, 1.82) is 0 Å². The number of hydrogen-bond acceptors (Lipinski definition) is 1. The third-order valence-corrected chi connectivity index (χ3v) is 5.59. The van der Waals surface area contributed by atoms with Gasteiger partial charge in [-0.05, 0) is 35.1 Å². The monoisotopic (exact) mass is 381 g/mol. The predicted molar refractivity (Wildman–Crippen MR) is 124 cm³/mol. The van der Waals surface area contributed by atoms with E-state index in [1.54, 1.807) is 0 Å². The first-order valence-corrected chi connectivity index (χ1v) is 10.5. The first-order valence-electron chi connectivity index (χ1n) is 10.5. The van der Waals surface area contributed by atoms with Crippen LogP contribution in [0.15, 0.2) is 77.8 Å². The van der Waals surface area contributed by atoms with Gasteiger partial charge in [0.25, 0.3) is 6.17 Å². The maximum absolute atomic E-state index is 4.79. The highest BCUT2D eigenvalue weighted by molar-refractivity contribution is 6.15. The number of benzene rings is 3. The maximum Gasteiger partial charge on any atom is 0.277 e. The van der Waals surface area contributed by atoms with Crippen LogP contribution in [0.4, 0.5) is 5.69 Å². The molecule has 1 aliphatic rings. The smallest absolute Gasteiger partial charge is 0.215 e. The quantitative estimate of drug-likeness (QED) is 0.419. The molecule has 0 saturated heterocycles. The van der Waals surface area contributed by atoms with Gasteiger partial charge in [0.2, 0.25) is 5.69 Å². The van der Waals surface area contributed by atoms with E-state index >= 15 is 0 Å². The van der Waals surface area contributed by atoms with E-state index in [9.17, 15) is 0 Å². The lowest BCUT2D eigenvalue weighted by molar-refractivity contribution is -0.480. The normalized spacial score (nSPS) is 15.9. The van der Waals surface area contributed by atoms with Crippen LogP contribution in [0.3, 0.4) is 0 Å². The second kappa shape index (κ2) is 8.16. The highest BCUT2D eigenvalue weighted by Crippen LogP contribution is 2.41. The van der Waals surface area contributed by atoms with Crippen LogP contribution in [0.1, 0.15) is 62.4 Å². The summed E-state index contributed by atoms with van der Waals surface area (Å²) in [5.41, 5.74) is 7.83. The molecule has 0 saturated carbocycles. The van der Waals surface area contributed by atoms with Gasteiger partial charge >= 0.3 is 0 Å². The summed E-state index contributed by atoms with van der Waals surface area (Å²) < 4.78 is 2.36. The Balaban J connectivity index is 1.91. The van der Waals surface area contributed by atoms with Crippen molar-refractivity contribution >= 4 is 18.1 Å². The maximum atomic E-state index is 4.79. The van der Waals surface area contributed by atoms with Crippen LogP contribution in [-0.2, 0) is 0 Å². The van der Waals surface area contributed by atoms with Crippen LogP contribution in [-0.4, -0.2) is 17.0 Å². The zero-order valence-corrected chi connectivity index (χ0v) is 17.7. The molecule has 3 aromatic rings. The zero-order valence-electron chi connectivity index (χ0n) is 17.7. The fraction of sp³-hybridized carbons (Fsp3) is 0.259. The topological polar surface area (TPSA) is 15.4 Å². The molecular weight excluding hydrogens is 352 g/mol. The van der Waals surface area contributed by atoms with Gasteiger partial charge in [-0.2, -0.15) is 4.58 Å². The number of aliphatic imine (C=N–C) groups is 1. The van der Waals surface area contributed by atoms with Gasteiger partial charge in [-0.3, -0.25) is 0 Å². The summed E-state index contributed by atoms with van der Waals surface area (Å²) in [6, 6.07) is 26.0. The molecule has 0 aliphatic carbocycles. The standard InChI is InChI=1S/C27H29N2/c1-19(2)24-17-23(21-11-7-5-8-12-21)18-25(20(3)4)26(24)29-16-15-28-27(29)22-13-9-6-10-14-22/h5-20,27H,1-4H3/q+1. The molecule has 0 N–H and O–H groups in total. The minimum atomic E-state index is -0.00576. The summed E-state index contributed by atoms with van der Waals surface area (Å²) in [4.78, 5) is 4.79. The first kappa shape index (κ1) is 19.3. The molecule has 1 aliphatic heterocycles. The summed E-state index contributed by atoms with van der Waals surface area (Å²) in [7, 11) is 0. The van der Waals surface area contributed by atoms with E-state index in [1.807, 2.05) is 6.21 Å². The van der Waals surface area contributed by atoms with Crippen molar-refractivity contribution in [2.24, 2.45) is 4.99 Å². The highest BCUT2D eigenvalue weighted by atomic mass is 15.2. The number of rotatable bonds is 5. The molecule has 1 heterocycles. The summed E-state index contributed by atoms with van der Waals surface area (Å²) in [6.45, 7) is 9.14. The van der Waals surface area contributed by atoms with Crippen LogP contribution in [0, 0.1) is 0 Å². The average Bonchev–Trinajstić information content (AvgIpc) is 3.23. The average molecular weight is 382 g/mol. The van der Waals surface area contributed by atoms with Crippen LogP contribution >= 0.6 is 0 Å². The molecule has 0 fully saturated rings. The Morgan fingerprint density at radius 1 is 0.724 bits per heavy atom. The van der Waals surface area contributed by atoms with E-state index in [0.29, 0.717) is 11.8 Å². The van der Waals surface area contributed by atoms with E-state index in [2.05, 4.69) is 111 Å². The Hall–Kier alpha value is -3.00. The van der Waals surface area contributed by atoms with Crippen molar-refractivity contribution in [3.8, 4) is 11.1 Å². The minimum absolute atomic E-state index is 0.00576. The fourth-order valence-electron chi connectivity index (χ4n) is 4.07. The lowest BCUT2D eigenvalue weighted by Gasteiger charge is -2.20. The molecule has 1 unspecified atom stereocenters. The summed E-state index contributed by atoms with van der Waals surface area (Å²) in [6.07, 6.45) is 4.07. The summed E-state index contributed by atoms with van der Waals surface area (Å²) in [5, 5.41) is 0. The second-order valence-corrected chi connectivity index (χ2v) is 8.32. The molecule has 4 rings (SSSR count). The third kappa shape index (κ3) is 3.80. The van der Waals surface area contributed by atoms with Gasteiger partial charge in [-0.15, -0.1) is 0 Å². The van der Waals surface area contributed by atoms with Crippen molar-refractivity contribution in [3.05, 3.63) is 89.5 Å². The van der Waals surface area contributed by atoms with Crippen LogP contribution in [0.5, 0.6) is 0 Å². The summed E-state index contributed by atoms with van der Waals surface area (Å²) in [5.74, 6) is 0.827. The Bertz CT molecular complexity index is 1020. The molecule has 0 amide bonds. The van der Waals surface area contributed by atoms with E-state index in [4.69, 9.17) is 4.99 Å². The van der Waals surface area contributed by atoms with Crippen LogP contribution < -0.4 is 0 Å². The van der Waals surface area contributed by atoms with Gasteiger partial charge in [0.1, 0.15) is 0 Å². The van der Waals surface area contributed by atoms with Crippen LogP contribution in [0.25, 0.3) is 11.1 Å². The fourth-order valence-corrected chi connectivity index (χ4v) is 4.07. The molecule has 2 heteroatoms. The van der Waals surface area contributed by atoms with Gasteiger partial charge in [0.15, 0.2) is 6.21 Å². The van der Waals surface area contributed by atoms with Gasteiger partial charge in [-0.1, -0.05) is 88.4 Å².